The lowest BCUT2D eigenvalue weighted by molar-refractivity contribution is -0.129. The number of hydrogen-bond acceptors (Lipinski definition) is 3. The third kappa shape index (κ3) is 3.39. The fourth-order valence-electron chi connectivity index (χ4n) is 2.75. The fourth-order valence-corrected chi connectivity index (χ4v) is 2.88. The summed E-state index contributed by atoms with van der Waals surface area (Å²) in [5.74, 6) is -0.275. The Morgan fingerprint density at radius 2 is 2.29 bits per heavy atom. The third-order valence-electron chi connectivity index (χ3n) is 4.06. The minimum absolute atomic E-state index is 0.0364. The predicted molar refractivity (Wildman–Crippen MR) is 84.4 cm³/mol. The summed E-state index contributed by atoms with van der Waals surface area (Å²) >= 11 is 4.84. The number of nitrogens with zero attached hydrogens (tertiary/aromatic N) is 1. The molecule has 2 rings (SSSR count). The molecule has 1 fully saturated rings. The Morgan fingerprint density at radius 1 is 1.57 bits per heavy atom. The van der Waals surface area contributed by atoms with Gasteiger partial charge in [-0.3, -0.25) is 9.69 Å². The minimum atomic E-state index is -0.399. The number of likely N-dealkylation sites (tertiary alicyclic amines) is 1. The van der Waals surface area contributed by atoms with Crippen LogP contribution in [-0.4, -0.2) is 35.9 Å². The van der Waals surface area contributed by atoms with Crippen LogP contribution in [0.2, 0.25) is 0 Å². The zero-order valence-electron chi connectivity index (χ0n) is 12.3. The van der Waals surface area contributed by atoms with Crippen LogP contribution in [0, 0.1) is 11.2 Å². The number of carbonyl (C=O) groups is 1. The van der Waals surface area contributed by atoms with Gasteiger partial charge in [0.05, 0.1) is 5.41 Å². The van der Waals surface area contributed by atoms with Crippen LogP contribution in [0.1, 0.15) is 24.5 Å². The minimum Gasteiger partial charge on any atom is -0.389 e. The molecule has 114 valence electrons. The second-order valence-corrected chi connectivity index (χ2v) is 6.21. The normalized spacial score (nSPS) is 22.2. The number of nitrogens with one attached hydrogen (secondary N) is 1. The van der Waals surface area contributed by atoms with Gasteiger partial charge in [0, 0.05) is 31.3 Å². The van der Waals surface area contributed by atoms with Gasteiger partial charge >= 0.3 is 0 Å². The molecule has 1 heterocycles. The first-order valence-electron chi connectivity index (χ1n) is 6.88. The van der Waals surface area contributed by atoms with E-state index in [4.69, 9.17) is 18.0 Å². The highest BCUT2D eigenvalue weighted by molar-refractivity contribution is 7.80. The maximum atomic E-state index is 14.1. The van der Waals surface area contributed by atoms with E-state index < -0.39 is 5.41 Å². The van der Waals surface area contributed by atoms with Crippen LogP contribution in [0.15, 0.2) is 18.2 Å². The Kier molecular flexibility index (Phi) is 4.58. The van der Waals surface area contributed by atoms with E-state index in [9.17, 15) is 9.18 Å². The molecule has 6 heteroatoms. The lowest BCUT2D eigenvalue weighted by atomic mass is 9.89. The maximum Gasteiger partial charge on any atom is 0.227 e. The number of nitrogens with two attached hydrogens (primary N) is 1. The summed E-state index contributed by atoms with van der Waals surface area (Å²) in [5, 5.41) is 2.70. The monoisotopic (exact) mass is 309 g/mol. The molecule has 1 unspecified atom stereocenters. The van der Waals surface area contributed by atoms with Crippen molar-refractivity contribution in [1.29, 1.82) is 0 Å². The molecule has 1 saturated heterocycles. The summed E-state index contributed by atoms with van der Waals surface area (Å²) in [6.45, 7) is 3.83. The van der Waals surface area contributed by atoms with Gasteiger partial charge in [-0.25, -0.2) is 4.39 Å². The zero-order chi connectivity index (χ0) is 15.6. The summed E-state index contributed by atoms with van der Waals surface area (Å²) < 4.78 is 14.1. The quantitative estimate of drug-likeness (QED) is 0.826. The molecule has 1 atom stereocenters. The van der Waals surface area contributed by atoms with Crippen molar-refractivity contribution in [2.75, 3.05) is 20.1 Å². The Labute approximate surface area is 129 Å². The maximum absolute atomic E-state index is 14.1. The van der Waals surface area contributed by atoms with E-state index in [1.54, 1.807) is 19.2 Å². The van der Waals surface area contributed by atoms with Crippen LogP contribution in [0.5, 0.6) is 0 Å². The molecule has 1 aliphatic rings. The Morgan fingerprint density at radius 3 is 2.86 bits per heavy atom. The first-order chi connectivity index (χ1) is 9.85. The SMILES string of the molecule is CNC(=O)C1(C)CCN(Cc2ccc(C(N)=S)cc2F)C1. The third-order valence-corrected chi connectivity index (χ3v) is 4.29. The van der Waals surface area contributed by atoms with Crippen molar-refractivity contribution in [2.24, 2.45) is 11.1 Å². The largest absolute Gasteiger partial charge is 0.389 e. The van der Waals surface area contributed by atoms with Crippen molar-refractivity contribution in [1.82, 2.24) is 10.2 Å². The predicted octanol–water partition coefficient (Wildman–Crippen LogP) is 1.42. The molecule has 21 heavy (non-hydrogen) atoms. The molecule has 0 spiro atoms. The van der Waals surface area contributed by atoms with E-state index in [0.29, 0.717) is 24.2 Å². The van der Waals surface area contributed by atoms with Gasteiger partial charge in [0.25, 0.3) is 0 Å². The summed E-state index contributed by atoms with van der Waals surface area (Å²) in [7, 11) is 1.64. The van der Waals surface area contributed by atoms with Gasteiger partial charge in [0.15, 0.2) is 0 Å². The molecule has 1 aliphatic heterocycles. The molecule has 0 aromatic heterocycles. The van der Waals surface area contributed by atoms with E-state index in [1.165, 1.54) is 6.07 Å². The molecular formula is C15H20FN3OS. The van der Waals surface area contributed by atoms with Gasteiger partial charge in [0.2, 0.25) is 5.91 Å². The van der Waals surface area contributed by atoms with Crippen molar-refractivity contribution in [3.63, 3.8) is 0 Å². The highest BCUT2D eigenvalue weighted by Gasteiger charge is 2.39. The molecule has 1 aromatic carbocycles. The van der Waals surface area contributed by atoms with Crippen LogP contribution >= 0.6 is 12.2 Å². The second-order valence-electron chi connectivity index (χ2n) is 5.77. The van der Waals surface area contributed by atoms with E-state index in [-0.39, 0.29) is 16.7 Å². The van der Waals surface area contributed by atoms with Crippen LogP contribution in [0.25, 0.3) is 0 Å². The second kappa shape index (κ2) is 6.07. The zero-order valence-corrected chi connectivity index (χ0v) is 13.1. The lowest BCUT2D eigenvalue weighted by Gasteiger charge is -2.23. The molecule has 0 bridgehead atoms. The highest BCUT2D eigenvalue weighted by Crippen LogP contribution is 2.31. The first kappa shape index (κ1) is 15.9. The van der Waals surface area contributed by atoms with E-state index in [1.807, 2.05) is 6.92 Å². The van der Waals surface area contributed by atoms with Crippen LogP contribution in [0.3, 0.4) is 0 Å². The van der Waals surface area contributed by atoms with Crippen LogP contribution in [-0.2, 0) is 11.3 Å². The molecule has 1 amide bonds. The summed E-state index contributed by atoms with van der Waals surface area (Å²) in [6, 6.07) is 4.81. The number of thiocarbonyl (C=S) groups is 1. The van der Waals surface area contributed by atoms with Crippen molar-refractivity contribution < 1.29 is 9.18 Å². The van der Waals surface area contributed by atoms with Gasteiger partial charge in [0.1, 0.15) is 10.8 Å². The molecule has 0 saturated carbocycles. The van der Waals surface area contributed by atoms with Crippen LogP contribution in [0.4, 0.5) is 4.39 Å². The van der Waals surface area contributed by atoms with Gasteiger partial charge in [-0.05, 0) is 26.0 Å². The van der Waals surface area contributed by atoms with Gasteiger partial charge < -0.3 is 11.1 Å². The average molecular weight is 309 g/mol. The Hall–Kier alpha value is -1.53. The number of benzene rings is 1. The molecular weight excluding hydrogens is 289 g/mol. The van der Waals surface area contributed by atoms with Gasteiger partial charge in [-0.2, -0.15) is 0 Å². The Bertz CT molecular complexity index is 578. The van der Waals surface area contributed by atoms with Crippen molar-refractivity contribution in [2.45, 2.75) is 19.9 Å². The number of halogens is 1. The summed E-state index contributed by atoms with van der Waals surface area (Å²) in [6.07, 6.45) is 0.777. The molecule has 4 nitrogen and oxygen atoms in total. The number of hydrogen-bond donors (Lipinski definition) is 2. The smallest absolute Gasteiger partial charge is 0.227 e. The Balaban J connectivity index is 2.07. The average Bonchev–Trinajstić information content (AvgIpc) is 2.82. The number of rotatable bonds is 4. The van der Waals surface area contributed by atoms with Crippen molar-refractivity contribution >= 4 is 23.1 Å². The lowest BCUT2D eigenvalue weighted by Crippen LogP contribution is -2.39. The van der Waals surface area contributed by atoms with E-state index in [2.05, 4.69) is 10.2 Å². The molecule has 1 aromatic rings. The van der Waals surface area contributed by atoms with Crippen molar-refractivity contribution in [3.8, 4) is 0 Å². The highest BCUT2D eigenvalue weighted by atomic mass is 32.1. The molecule has 3 N–H and O–H groups in total. The summed E-state index contributed by atoms with van der Waals surface area (Å²) in [4.78, 5) is 14.2. The van der Waals surface area contributed by atoms with E-state index in [0.717, 1.165) is 13.0 Å². The fraction of sp³-hybridized carbons (Fsp3) is 0.467. The topological polar surface area (TPSA) is 58.4 Å². The summed E-state index contributed by atoms with van der Waals surface area (Å²) in [5.41, 5.74) is 6.22. The van der Waals surface area contributed by atoms with Crippen molar-refractivity contribution in [3.05, 3.63) is 35.1 Å². The van der Waals surface area contributed by atoms with Gasteiger partial charge in [-0.15, -0.1) is 0 Å². The number of amides is 1. The standard InChI is InChI=1S/C15H20FN3OS/c1-15(14(20)18-2)5-6-19(9-15)8-11-4-3-10(13(17)21)7-12(11)16/h3-4,7H,5-6,8-9H2,1-2H3,(H2,17,21)(H,18,20). The van der Waals surface area contributed by atoms with Crippen LogP contribution < -0.4 is 11.1 Å². The molecule has 0 aliphatic carbocycles. The molecule has 0 radical (unpaired) electrons. The number of carbonyl (C=O) groups excluding carboxylic acids is 1. The van der Waals surface area contributed by atoms with Gasteiger partial charge in [-0.1, -0.05) is 24.4 Å². The van der Waals surface area contributed by atoms with E-state index >= 15 is 0 Å². The first-order valence-corrected chi connectivity index (χ1v) is 7.29.